The van der Waals surface area contributed by atoms with Crippen LogP contribution >= 0.6 is 0 Å². The van der Waals surface area contributed by atoms with Gasteiger partial charge in [-0.1, -0.05) is 122 Å². The lowest BCUT2D eigenvalue weighted by atomic mass is 9.98. The first-order valence-corrected chi connectivity index (χ1v) is 28.9. The summed E-state index contributed by atoms with van der Waals surface area (Å²) in [7, 11) is 0. The Bertz CT molecular complexity index is 3280. The van der Waals surface area contributed by atoms with Gasteiger partial charge in [-0.15, -0.1) is 19.3 Å². The summed E-state index contributed by atoms with van der Waals surface area (Å²) in [5, 5.41) is 35.8. The Kier molecular flexibility index (Phi) is 29.8. The van der Waals surface area contributed by atoms with Crippen LogP contribution in [0.4, 0.5) is 9.59 Å². The Labute approximate surface area is 523 Å². The van der Waals surface area contributed by atoms with E-state index in [1.807, 2.05) is 86.6 Å². The molecule has 0 aromatic heterocycles. The fourth-order valence-electron chi connectivity index (χ4n) is 9.14. The van der Waals surface area contributed by atoms with Gasteiger partial charge in [0, 0.05) is 51.6 Å². The monoisotopic (exact) mass is 1230 g/mol. The van der Waals surface area contributed by atoms with E-state index in [0.29, 0.717) is 12.8 Å². The number of carbonyl (C=O) groups is 8. The molecule has 8 amide bonds. The largest absolute Gasteiger partial charge is 0.449 e. The lowest BCUT2D eigenvalue weighted by molar-refractivity contribution is -0.191. The lowest BCUT2D eigenvalue weighted by Gasteiger charge is -2.19. The fourth-order valence-corrected chi connectivity index (χ4v) is 9.14. The number of hydrogen-bond donors (Lipinski definition) is 9. The van der Waals surface area contributed by atoms with Crippen LogP contribution in [-0.4, -0.2) is 136 Å². The van der Waals surface area contributed by atoms with Crippen molar-refractivity contribution in [1.29, 1.82) is 0 Å². The number of benzene rings is 4. The van der Waals surface area contributed by atoms with Crippen molar-refractivity contribution in [3.63, 3.8) is 0 Å². The number of nitrogens with two attached hydrogens (primary N) is 1. The molecule has 8 rings (SSSR count). The first-order valence-electron chi connectivity index (χ1n) is 28.9. The van der Waals surface area contributed by atoms with Gasteiger partial charge in [-0.3, -0.25) is 28.8 Å². The molecule has 4 aromatic rings. The highest BCUT2D eigenvalue weighted by molar-refractivity contribution is 5.89. The second-order valence-electron chi connectivity index (χ2n) is 20.8. The van der Waals surface area contributed by atoms with Gasteiger partial charge in [0.2, 0.25) is 35.4 Å². The number of nitrogens with one attached hydrogen (secondary N) is 8. The highest BCUT2D eigenvalue weighted by Crippen LogP contribution is 2.46. The molecule has 0 radical (unpaired) electrons. The molecule has 4 aliphatic rings. The van der Waals surface area contributed by atoms with E-state index in [4.69, 9.17) is 44.1 Å². The van der Waals surface area contributed by atoms with Crippen LogP contribution in [0.15, 0.2) is 118 Å². The van der Waals surface area contributed by atoms with Crippen molar-refractivity contribution >= 4 is 53.8 Å². The number of hydrogen-bond acceptors (Lipinski definition) is 17. The number of amides is 8. The smallest absolute Gasteiger partial charge is 0.407 e. The summed E-state index contributed by atoms with van der Waals surface area (Å²) in [5.41, 5.74) is 14.2. The van der Waals surface area contributed by atoms with E-state index >= 15 is 0 Å². The zero-order valence-electron chi connectivity index (χ0n) is 51.0. The summed E-state index contributed by atoms with van der Waals surface area (Å²) in [6, 6.07) is 29.9. The minimum Gasteiger partial charge on any atom is -0.449 e. The molecular weight excluding hydrogens is 1150 g/mol. The third-order valence-electron chi connectivity index (χ3n) is 14.1. The Hall–Kier alpha value is -10.5. The van der Waals surface area contributed by atoms with Crippen molar-refractivity contribution < 1.29 is 57.4 Å². The number of terminal acetylenes is 3. The van der Waals surface area contributed by atoms with E-state index < -0.39 is 41.9 Å². The molecule has 3 atom stereocenters. The van der Waals surface area contributed by atoms with Crippen LogP contribution in [0.2, 0.25) is 0 Å². The van der Waals surface area contributed by atoms with Crippen molar-refractivity contribution in [2.24, 2.45) is 26.2 Å². The van der Waals surface area contributed by atoms with Gasteiger partial charge < -0.3 is 57.7 Å². The van der Waals surface area contributed by atoms with Gasteiger partial charge in [0.25, 0.3) is 0 Å². The number of fused-ring (bicyclic) bond motifs is 6. The Balaban J connectivity index is 0.000000272. The number of ether oxygens (including phenoxy) is 2. The predicted molar refractivity (Wildman–Crippen MR) is 333 cm³/mol. The van der Waals surface area contributed by atoms with Gasteiger partial charge in [0.05, 0.1) is 19.6 Å². The summed E-state index contributed by atoms with van der Waals surface area (Å²) < 4.78 is 11.0. The van der Waals surface area contributed by atoms with Crippen molar-refractivity contribution in [2.75, 3.05) is 52.5 Å². The van der Waals surface area contributed by atoms with Gasteiger partial charge in [0.15, 0.2) is 11.3 Å². The maximum Gasteiger partial charge on any atom is 0.407 e. The van der Waals surface area contributed by atoms with Crippen LogP contribution in [0, 0.1) is 37.0 Å². The first kappa shape index (κ1) is 71.9. The van der Waals surface area contributed by atoms with Crippen LogP contribution in [0.5, 0.6) is 0 Å². The summed E-state index contributed by atoms with van der Waals surface area (Å²) in [6.07, 6.45) is 16.9. The molecule has 10 N–H and O–H groups in total. The molecule has 2 heterocycles. The minimum absolute atomic E-state index is 0.0404. The van der Waals surface area contributed by atoms with Crippen LogP contribution in [0.25, 0.3) is 22.3 Å². The maximum atomic E-state index is 12.5. The van der Waals surface area contributed by atoms with Gasteiger partial charge in [-0.05, 0) is 90.6 Å². The zero-order chi connectivity index (χ0) is 66.1. The van der Waals surface area contributed by atoms with Gasteiger partial charge >= 0.3 is 18.3 Å². The van der Waals surface area contributed by atoms with Crippen molar-refractivity contribution in [2.45, 2.75) is 114 Å². The van der Waals surface area contributed by atoms with E-state index in [1.165, 1.54) is 13.8 Å². The van der Waals surface area contributed by atoms with E-state index in [1.54, 1.807) is 0 Å². The van der Waals surface area contributed by atoms with Gasteiger partial charge in [0.1, 0.15) is 31.3 Å². The molecule has 0 saturated heterocycles. The molecular formula is C65H77N13O12. The second-order valence-corrected chi connectivity index (χ2v) is 20.8. The number of carbonyl (C=O) groups excluding carboxylic acids is 10. The fraction of sp³-hybridized carbons (Fsp3) is 0.400. The van der Waals surface area contributed by atoms with Crippen LogP contribution in [0.1, 0.15) is 107 Å². The number of nitrogens with zero attached hydrogens (tertiary/aromatic N) is 4. The Morgan fingerprint density at radius 3 is 1.13 bits per heavy atom. The molecule has 2 aliphatic carbocycles. The number of rotatable bonds is 25. The van der Waals surface area contributed by atoms with Crippen molar-refractivity contribution in [3.05, 3.63) is 119 Å². The molecule has 25 heteroatoms. The third-order valence-corrected chi connectivity index (χ3v) is 14.1. The summed E-state index contributed by atoms with van der Waals surface area (Å²) in [4.78, 5) is 111. The maximum absolute atomic E-state index is 12.5. The topological polar surface area (TPSA) is 361 Å². The summed E-state index contributed by atoms with van der Waals surface area (Å²) in [5.74, 6) is 4.96. The third kappa shape index (κ3) is 24.0. The minimum atomic E-state index is -0.879. The second kappa shape index (κ2) is 37.2. The normalized spacial score (nSPS) is 13.9. The molecule has 4 aromatic carbocycles. The van der Waals surface area contributed by atoms with E-state index in [2.05, 4.69) is 112 Å². The van der Waals surface area contributed by atoms with Crippen LogP contribution in [0.3, 0.4) is 0 Å². The first-order chi connectivity index (χ1) is 43.2. The molecule has 2 aliphatic heterocycles. The quantitative estimate of drug-likeness (QED) is 0.0401. The predicted octanol–water partition coefficient (Wildman–Crippen LogP) is 4.87. The average molecular weight is 1230 g/mol. The van der Waals surface area contributed by atoms with Crippen LogP contribution in [-0.2, 0) is 47.8 Å². The highest BCUT2D eigenvalue weighted by Gasteiger charge is 2.35. The van der Waals surface area contributed by atoms with E-state index in [9.17, 15) is 38.4 Å². The van der Waals surface area contributed by atoms with E-state index in [0.717, 1.165) is 50.9 Å². The number of alkyl carbamates (subject to hydrolysis) is 2. The molecule has 0 fully saturated rings. The van der Waals surface area contributed by atoms with Gasteiger partial charge in [-0.2, -0.15) is 30.0 Å². The Morgan fingerprint density at radius 2 is 0.844 bits per heavy atom. The standard InChI is InChI=1S/C24H25N3O4.C22H23N3O3.C14H21N5O3.C4H8N2.CO2/c1-3-13-26-23(29)22(12-14-25-16(2)28)27-24(30)31-15-21-19-10-6-4-8-17(19)18-9-5-7-11-20(18)21;1-2-13-24-21(26)20(11-12-23)25-22(27)28-14-19-17-9-5-3-7-15(17)16-8-4-6-10-18(16)19;1-4-8-16-13(22)11(6-9-15-10(2)20)17-12(21)5-7-14(3)18-19-14;1-3-4(2)5-6-4;2-1-3/h1,4-11,21-22H,12-15H2,2H3,(H,25,28)(H,26,29)(H,27,30);1,3-10,19-20H,11-14,23H2,(H,24,26)(H,25,27);1,11H,5-9H2,2-3H3,(H,15,20)(H,16,22)(H,17,21);3H2,1-2H3;/t22-;20-;11-;;/m000../s1. The molecule has 0 spiro atoms. The molecule has 0 unspecified atom stereocenters. The lowest BCUT2D eigenvalue weighted by Crippen LogP contribution is -2.48. The van der Waals surface area contributed by atoms with Crippen molar-refractivity contribution in [1.82, 2.24) is 42.5 Å². The zero-order valence-corrected chi connectivity index (χ0v) is 51.0. The summed E-state index contributed by atoms with van der Waals surface area (Å²) in [6.45, 7) is 10.0. The van der Waals surface area contributed by atoms with Crippen molar-refractivity contribution in [3.8, 4) is 59.3 Å². The SMILES string of the molecule is C#CCNC(=O)[C@H](CCN)NC(=O)OCC1c2ccccc2-c2ccccc21.C#CCNC(=O)[C@H](CCNC(C)=O)NC(=O)CCC1(C)N=N1.C#CCNC(=O)[C@H](CCNC(C)=O)NC(=O)OCC1c2ccccc2-c2ccccc21.CCC1(C)N=N1.O=C=O. The highest BCUT2D eigenvalue weighted by atomic mass is 16.6. The average Bonchev–Trinajstić information content (AvgIpc) is 1.79. The molecule has 474 valence electrons. The molecule has 0 bridgehead atoms. The summed E-state index contributed by atoms with van der Waals surface area (Å²) >= 11 is 0. The molecule has 25 nitrogen and oxygen atoms in total. The molecule has 0 saturated carbocycles. The van der Waals surface area contributed by atoms with Gasteiger partial charge in [-0.25, -0.2) is 9.59 Å². The Morgan fingerprint density at radius 1 is 0.522 bits per heavy atom. The molecule has 90 heavy (non-hydrogen) atoms. The van der Waals surface area contributed by atoms with E-state index in [-0.39, 0.29) is 125 Å². The van der Waals surface area contributed by atoms with Crippen LogP contribution < -0.4 is 48.3 Å².